The topological polar surface area (TPSA) is 62.3 Å². The minimum atomic E-state index is -0.891. The first-order valence-electron chi connectivity index (χ1n) is 8.10. The van der Waals surface area contributed by atoms with Crippen molar-refractivity contribution in [3.63, 3.8) is 0 Å². The second kappa shape index (κ2) is 7.30. The normalized spacial score (nSPS) is 21.3. The molecule has 1 N–H and O–H groups in total. The van der Waals surface area contributed by atoms with Crippen LogP contribution in [0.15, 0.2) is 0 Å². The number of hydrogen-bond donors (Lipinski definition) is 1. The Labute approximate surface area is 145 Å². The molecule has 5 nitrogen and oxygen atoms in total. The van der Waals surface area contributed by atoms with Gasteiger partial charge in [-0.2, -0.15) is 0 Å². The quantitative estimate of drug-likeness (QED) is 0.901. The van der Waals surface area contributed by atoms with E-state index < -0.39 is 10.8 Å². The van der Waals surface area contributed by atoms with Crippen LogP contribution < -0.4 is 5.32 Å². The van der Waals surface area contributed by atoms with E-state index in [1.54, 1.807) is 4.90 Å². The first kappa shape index (κ1) is 18.4. The maximum Gasteiger partial charge on any atom is 0.322 e. The van der Waals surface area contributed by atoms with Crippen molar-refractivity contribution >= 4 is 33.2 Å². The Balaban J connectivity index is 2.06. The predicted octanol–water partition coefficient (Wildman–Crippen LogP) is 3.41. The molecule has 1 aromatic rings. The molecule has 1 aromatic heterocycles. The van der Waals surface area contributed by atoms with Gasteiger partial charge in [0.05, 0.1) is 10.7 Å². The number of rotatable bonds is 3. The molecule has 0 aliphatic carbocycles. The van der Waals surface area contributed by atoms with E-state index >= 15 is 0 Å². The van der Waals surface area contributed by atoms with E-state index in [2.05, 4.69) is 24.1 Å². The maximum atomic E-state index is 12.6. The molecule has 0 saturated carbocycles. The summed E-state index contributed by atoms with van der Waals surface area (Å²) in [7, 11) is -0.891. The number of thiazole rings is 1. The number of hydrogen-bond acceptors (Lipinski definition) is 4. The molecule has 1 atom stereocenters. The number of aryl methyl sites for hydroxylation is 1. The van der Waals surface area contributed by atoms with E-state index in [0.29, 0.717) is 24.8 Å². The van der Waals surface area contributed by atoms with Gasteiger partial charge in [0.25, 0.3) is 0 Å². The number of carbonyl (C=O) groups excluding carboxylic acids is 1. The van der Waals surface area contributed by atoms with Gasteiger partial charge in [-0.05, 0) is 39.5 Å². The van der Waals surface area contributed by atoms with Crippen molar-refractivity contribution in [3.05, 3.63) is 10.7 Å². The molecule has 0 radical (unpaired) electrons. The third kappa shape index (κ3) is 4.76. The number of urea groups is 1. The van der Waals surface area contributed by atoms with E-state index in [9.17, 15) is 9.00 Å². The van der Waals surface area contributed by atoms with Crippen molar-refractivity contribution in [1.82, 2.24) is 9.88 Å². The van der Waals surface area contributed by atoms with Crippen molar-refractivity contribution in [2.24, 2.45) is 5.92 Å². The zero-order chi connectivity index (χ0) is 17.2. The lowest BCUT2D eigenvalue weighted by atomic mass is 10.1. The molecular formula is C16H27N3O2S2. The average Bonchev–Trinajstić information content (AvgIpc) is 2.69. The lowest BCUT2D eigenvalue weighted by Crippen LogP contribution is -2.37. The SMILES string of the molecule is Cc1nc(CC(C)C)c(NC(=O)N2CC[S@@](=O)C(C)(C)CC2)s1. The van der Waals surface area contributed by atoms with Crippen molar-refractivity contribution in [2.75, 3.05) is 24.2 Å². The van der Waals surface area contributed by atoms with Crippen LogP contribution in [0.25, 0.3) is 0 Å². The number of amides is 2. The van der Waals surface area contributed by atoms with Gasteiger partial charge in [-0.1, -0.05) is 13.8 Å². The van der Waals surface area contributed by atoms with Crippen LogP contribution in [0.2, 0.25) is 0 Å². The zero-order valence-corrected chi connectivity index (χ0v) is 16.3. The van der Waals surface area contributed by atoms with E-state index in [1.165, 1.54) is 11.3 Å². The molecule has 1 aliphatic heterocycles. The standard InChI is InChI=1S/C16H27N3O2S2/c1-11(2)10-13-14(22-12(3)17-13)18-15(20)19-7-6-16(4,5)23(21)9-8-19/h11H,6-10H2,1-5H3,(H,18,20)/t23-/m1/s1. The van der Waals surface area contributed by atoms with E-state index in [0.717, 1.165) is 28.5 Å². The lowest BCUT2D eigenvalue weighted by molar-refractivity contribution is 0.214. The Kier molecular flexibility index (Phi) is 5.84. The Morgan fingerprint density at radius 3 is 2.78 bits per heavy atom. The number of carbonyl (C=O) groups is 1. The van der Waals surface area contributed by atoms with Crippen LogP contribution in [0.1, 0.15) is 44.8 Å². The van der Waals surface area contributed by atoms with Crippen LogP contribution in [-0.4, -0.2) is 43.7 Å². The van der Waals surface area contributed by atoms with Crippen LogP contribution in [0.3, 0.4) is 0 Å². The molecule has 1 fully saturated rings. The second-order valence-electron chi connectivity index (χ2n) is 7.08. The predicted molar refractivity (Wildman–Crippen MR) is 97.7 cm³/mol. The highest BCUT2D eigenvalue weighted by molar-refractivity contribution is 7.86. The van der Waals surface area contributed by atoms with Gasteiger partial charge in [0.1, 0.15) is 5.00 Å². The third-order valence-electron chi connectivity index (χ3n) is 4.06. The molecule has 0 spiro atoms. The van der Waals surface area contributed by atoms with Crippen LogP contribution in [0.4, 0.5) is 9.80 Å². The summed E-state index contributed by atoms with van der Waals surface area (Å²) < 4.78 is 12.0. The second-order valence-corrected chi connectivity index (χ2v) is 10.5. The third-order valence-corrected chi connectivity index (χ3v) is 6.98. The van der Waals surface area contributed by atoms with Crippen molar-refractivity contribution < 1.29 is 9.00 Å². The smallest absolute Gasteiger partial charge is 0.322 e. The summed E-state index contributed by atoms with van der Waals surface area (Å²) in [6.45, 7) is 11.5. The Hall–Kier alpha value is -0.950. The van der Waals surface area contributed by atoms with Crippen LogP contribution in [-0.2, 0) is 17.2 Å². The fraction of sp³-hybridized carbons (Fsp3) is 0.750. The number of nitrogens with zero attached hydrogens (tertiary/aromatic N) is 2. The van der Waals surface area contributed by atoms with Gasteiger partial charge in [0.15, 0.2) is 0 Å². The van der Waals surface area contributed by atoms with Gasteiger partial charge in [-0.15, -0.1) is 11.3 Å². The molecular weight excluding hydrogens is 330 g/mol. The van der Waals surface area contributed by atoms with E-state index in [-0.39, 0.29) is 10.8 Å². The molecule has 2 rings (SSSR count). The van der Waals surface area contributed by atoms with Crippen LogP contribution >= 0.6 is 11.3 Å². The Bertz CT molecular complexity index is 596. The van der Waals surface area contributed by atoms with Crippen molar-refractivity contribution in [1.29, 1.82) is 0 Å². The minimum absolute atomic E-state index is 0.103. The largest absolute Gasteiger partial charge is 0.324 e. The molecule has 1 aliphatic rings. The molecule has 0 aromatic carbocycles. The molecule has 130 valence electrons. The molecule has 2 amide bonds. The van der Waals surface area contributed by atoms with Crippen molar-refractivity contribution in [3.8, 4) is 0 Å². The van der Waals surface area contributed by atoms with E-state index in [1.807, 2.05) is 20.8 Å². The highest BCUT2D eigenvalue weighted by Crippen LogP contribution is 2.27. The summed E-state index contributed by atoms with van der Waals surface area (Å²) in [6, 6.07) is -0.103. The zero-order valence-electron chi connectivity index (χ0n) is 14.6. The molecule has 23 heavy (non-hydrogen) atoms. The van der Waals surface area contributed by atoms with Crippen LogP contribution in [0.5, 0.6) is 0 Å². The van der Waals surface area contributed by atoms with Crippen LogP contribution in [0, 0.1) is 12.8 Å². The van der Waals surface area contributed by atoms with Gasteiger partial charge < -0.3 is 4.90 Å². The van der Waals surface area contributed by atoms with Gasteiger partial charge in [-0.3, -0.25) is 9.53 Å². The fourth-order valence-electron chi connectivity index (χ4n) is 2.57. The lowest BCUT2D eigenvalue weighted by Gasteiger charge is -2.22. The Morgan fingerprint density at radius 1 is 1.43 bits per heavy atom. The van der Waals surface area contributed by atoms with Crippen molar-refractivity contribution in [2.45, 2.75) is 52.2 Å². The summed E-state index contributed by atoms with van der Waals surface area (Å²) >= 11 is 1.52. The summed E-state index contributed by atoms with van der Waals surface area (Å²) in [5.41, 5.74) is 0.967. The average molecular weight is 358 g/mol. The summed E-state index contributed by atoms with van der Waals surface area (Å²) in [5.74, 6) is 1.04. The van der Waals surface area contributed by atoms with Gasteiger partial charge in [0, 0.05) is 34.4 Å². The highest BCUT2D eigenvalue weighted by atomic mass is 32.2. The fourth-order valence-corrected chi connectivity index (χ4v) is 4.67. The highest BCUT2D eigenvalue weighted by Gasteiger charge is 2.31. The minimum Gasteiger partial charge on any atom is -0.324 e. The summed E-state index contributed by atoms with van der Waals surface area (Å²) in [4.78, 5) is 18.9. The molecule has 1 saturated heterocycles. The molecule has 7 heteroatoms. The number of nitrogens with one attached hydrogen (secondary N) is 1. The number of aromatic nitrogens is 1. The monoisotopic (exact) mass is 357 g/mol. The van der Waals surface area contributed by atoms with Gasteiger partial charge in [0.2, 0.25) is 0 Å². The number of anilines is 1. The maximum absolute atomic E-state index is 12.6. The summed E-state index contributed by atoms with van der Waals surface area (Å²) in [5, 5.41) is 4.84. The Morgan fingerprint density at radius 2 is 2.13 bits per heavy atom. The summed E-state index contributed by atoms with van der Waals surface area (Å²) in [6.07, 6.45) is 1.62. The molecule has 2 heterocycles. The van der Waals surface area contributed by atoms with E-state index in [4.69, 9.17) is 0 Å². The first-order valence-corrected chi connectivity index (χ1v) is 10.2. The van der Waals surface area contributed by atoms with Gasteiger partial charge >= 0.3 is 6.03 Å². The first-order chi connectivity index (χ1) is 10.7. The molecule has 0 bridgehead atoms. The van der Waals surface area contributed by atoms with Gasteiger partial charge in [-0.25, -0.2) is 9.78 Å². The molecule has 0 unspecified atom stereocenters.